The molecule has 25 heavy (non-hydrogen) atoms. The number of hydrogen-bond donors (Lipinski definition) is 1. The average molecular weight is 340 g/mol. The molecule has 0 spiro atoms. The van der Waals surface area contributed by atoms with Gasteiger partial charge in [0.2, 0.25) is 0 Å². The fourth-order valence-corrected chi connectivity index (χ4v) is 3.43. The molecule has 1 aliphatic heterocycles. The third-order valence-electron chi connectivity index (χ3n) is 4.67. The van der Waals surface area contributed by atoms with E-state index in [1.807, 2.05) is 32.0 Å². The summed E-state index contributed by atoms with van der Waals surface area (Å²) in [6.45, 7) is 3.96. The van der Waals surface area contributed by atoms with Gasteiger partial charge in [-0.3, -0.25) is 9.78 Å². The predicted octanol–water partition coefficient (Wildman–Crippen LogP) is 2.94. The van der Waals surface area contributed by atoms with E-state index in [0.29, 0.717) is 6.42 Å². The van der Waals surface area contributed by atoms with E-state index in [1.165, 1.54) is 18.3 Å². The minimum atomic E-state index is -1.08. The molecule has 6 heteroatoms. The highest BCUT2D eigenvalue weighted by Gasteiger charge is 2.34. The Balaban J connectivity index is 1.95. The number of carboxylic acids is 1. The molecule has 1 N–H and O–H groups in total. The van der Waals surface area contributed by atoms with Crippen LogP contribution in [0.25, 0.3) is 0 Å². The lowest BCUT2D eigenvalue weighted by Gasteiger charge is -2.40. The van der Waals surface area contributed by atoms with Crippen LogP contribution in [-0.4, -0.2) is 40.0 Å². The average Bonchev–Trinajstić information content (AvgIpc) is 2.61. The maximum atomic E-state index is 13.0. The van der Waals surface area contributed by atoms with E-state index in [0.717, 1.165) is 16.9 Å². The van der Waals surface area contributed by atoms with Crippen LogP contribution < -0.4 is 4.74 Å². The summed E-state index contributed by atoms with van der Waals surface area (Å²) in [5.41, 5.74) is 2.44. The van der Waals surface area contributed by atoms with Gasteiger partial charge in [0.15, 0.2) is 0 Å². The second-order valence-electron chi connectivity index (χ2n) is 6.24. The third kappa shape index (κ3) is 3.07. The minimum absolute atomic E-state index is 0.0302. The van der Waals surface area contributed by atoms with Crippen LogP contribution in [0, 0.1) is 0 Å². The highest BCUT2D eigenvalue weighted by atomic mass is 16.5. The van der Waals surface area contributed by atoms with Crippen LogP contribution in [0.5, 0.6) is 5.75 Å². The summed E-state index contributed by atoms with van der Waals surface area (Å²) in [5.74, 6) is -0.535. The zero-order valence-electron chi connectivity index (χ0n) is 14.4. The standard InChI is InChI=1S/C19H20N2O4/c1-11-8-14-9-15(25-3)4-5-16(14)12(2)21(11)18(22)17-10-13(19(23)24)6-7-20-17/h4-7,9-12H,8H2,1-3H3,(H,23,24). The van der Waals surface area contributed by atoms with Crippen molar-refractivity contribution >= 4 is 11.9 Å². The predicted molar refractivity (Wildman–Crippen MR) is 91.9 cm³/mol. The zero-order valence-corrected chi connectivity index (χ0v) is 14.4. The Bertz CT molecular complexity index is 834. The number of carbonyl (C=O) groups is 2. The second kappa shape index (κ2) is 6.55. The Morgan fingerprint density at radius 3 is 2.68 bits per heavy atom. The first-order valence-corrected chi connectivity index (χ1v) is 8.11. The number of carboxylic acid groups (broad SMARTS) is 1. The SMILES string of the molecule is COc1ccc2c(c1)CC(C)N(C(=O)c1cc(C(=O)O)ccn1)C2C. The molecule has 2 unspecified atom stereocenters. The van der Waals surface area contributed by atoms with Crippen molar-refractivity contribution in [3.05, 3.63) is 58.9 Å². The number of ether oxygens (including phenoxy) is 1. The number of pyridine rings is 1. The molecule has 1 aliphatic rings. The fourth-order valence-electron chi connectivity index (χ4n) is 3.43. The van der Waals surface area contributed by atoms with Crippen LogP contribution in [0.2, 0.25) is 0 Å². The molecule has 3 rings (SSSR count). The van der Waals surface area contributed by atoms with Crippen molar-refractivity contribution in [1.29, 1.82) is 0 Å². The number of nitrogens with zero attached hydrogens (tertiary/aromatic N) is 2. The fraction of sp³-hybridized carbons (Fsp3) is 0.316. The van der Waals surface area contributed by atoms with Crippen molar-refractivity contribution in [3.63, 3.8) is 0 Å². The topological polar surface area (TPSA) is 79.7 Å². The number of rotatable bonds is 3. The van der Waals surface area contributed by atoms with Crippen LogP contribution in [0.3, 0.4) is 0 Å². The molecule has 0 fully saturated rings. The lowest BCUT2D eigenvalue weighted by Crippen LogP contribution is -2.45. The van der Waals surface area contributed by atoms with Crippen LogP contribution in [0.15, 0.2) is 36.5 Å². The van der Waals surface area contributed by atoms with Crippen molar-refractivity contribution in [3.8, 4) is 5.75 Å². The van der Waals surface area contributed by atoms with E-state index in [-0.39, 0.29) is 29.2 Å². The molecule has 1 aromatic heterocycles. The highest BCUT2D eigenvalue weighted by molar-refractivity contribution is 5.96. The number of benzene rings is 1. The molecule has 130 valence electrons. The Morgan fingerprint density at radius 2 is 2.00 bits per heavy atom. The molecular weight excluding hydrogens is 320 g/mol. The van der Waals surface area contributed by atoms with Crippen LogP contribution in [0.1, 0.15) is 51.9 Å². The summed E-state index contributed by atoms with van der Waals surface area (Å²) in [6.07, 6.45) is 2.07. The van der Waals surface area contributed by atoms with Crippen molar-refractivity contribution in [2.75, 3.05) is 7.11 Å². The largest absolute Gasteiger partial charge is 0.497 e. The summed E-state index contributed by atoms with van der Waals surface area (Å²) < 4.78 is 5.28. The molecule has 1 amide bonds. The summed E-state index contributed by atoms with van der Waals surface area (Å²) in [4.78, 5) is 30.0. The van der Waals surface area contributed by atoms with Crippen LogP contribution >= 0.6 is 0 Å². The zero-order chi connectivity index (χ0) is 18.1. The van der Waals surface area contributed by atoms with Gasteiger partial charge in [0.1, 0.15) is 11.4 Å². The normalized spacial score (nSPS) is 19.2. The molecular formula is C19H20N2O4. The molecule has 0 saturated heterocycles. The van der Waals surface area contributed by atoms with Crippen molar-refractivity contribution in [2.24, 2.45) is 0 Å². The summed E-state index contributed by atoms with van der Waals surface area (Å²) >= 11 is 0. The first kappa shape index (κ1) is 17.0. The van der Waals surface area contributed by atoms with Gasteiger partial charge in [0, 0.05) is 12.2 Å². The van der Waals surface area contributed by atoms with Crippen LogP contribution in [-0.2, 0) is 6.42 Å². The van der Waals surface area contributed by atoms with Crippen LogP contribution in [0.4, 0.5) is 0 Å². The molecule has 0 aliphatic carbocycles. The van der Waals surface area contributed by atoms with Gasteiger partial charge in [-0.1, -0.05) is 6.07 Å². The number of aromatic nitrogens is 1. The van der Waals surface area contributed by atoms with Gasteiger partial charge in [-0.15, -0.1) is 0 Å². The lowest BCUT2D eigenvalue weighted by atomic mass is 9.89. The molecule has 2 aromatic rings. The maximum Gasteiger partial charge on any atom is 0.335 e. The van der Waals surface area contributed by atoms with Gasteiger partial charge in [0.25, 0.3) is 5.91 Å². The van der Waals surface area contributed by atoms with Gasteiger partial charge in [-0.2, -0.15) is 0 Å². The Hall–Kier alpha value is -2.89. The smallest absolute Gasteiger partial charge is 0.335 e. The van der Waals surface area contributed by atoms with E-state index in [4.69, 9.17) is 9.84 Å². The molecule has 2 atom stereocenters. The van der Waals surface area contributed by atoms with E-state index < -0.39 is 5.97 Å². The first-order chi connectivity index (χ1) is 11.9. The number of aromatic carboxylic acids is 1. The maximum absolute atomic E-state index is 13.0. The number of amides is 1. The first-order valence-electron chi connectivity index (χ1n) is 8.11. The highest BCUT2D eigenvalue weighted by Crippen LogP contribution is 2.35. The van der Waals surface area contributed by atoms with Crippen molar-refractivity contribution < 1.29 is 19.4 Å². The molecule has 1 aromatic carbocycles. The van der Waals surface area contributed by atoms with E-state index in [2.05, 4.69) is 4.98 Å². The Labute approximate surface area is 146 Å². The number of fused-ring (bicyclic) bond motifs is 1. The molecule has 0 saturated carbocycles. The number of carbonyl (C=O) groups excluding carboxylic acids is 1. The third-order valence-corrected chi connectivity index (χ3v) is 4.67. The summed E-state index contributed by atoms with van der Waals surface area (Å²) in [7, 11) is 1.63. The van der Waals surface area contributed by atoms with E-state index >= 15 is 0 Å². The van der Waals surface area contributed by atoms with E-state index in [1.54, 1.807) is 12.0 Å². The molecule has 0 radical (unpaired) electrons. The monoisotopic (exact) mass is 340 g/mol. The van der Waals surface area contributed by atoms with Gasteiger partial charge >= 0.3 is 5.97 Å². The quantitative estimate of drug-likeness (QED) is 0.929. The van der Waals surface area contributed by atoms with Gasteiger partial charge in [0.05, 0.1) is 18.7 Å². The second-order valence-corrected chi connectivity index (χ2v) is 6.24. The van der Waals surface area contributed by atoms with Crippen molar-refractivity contribution in [2.45, 2.75) is 32.4 Å². The van der Waals surface area contributed by atoms with Crippen molar-refractivity contribution in [1.82, 2.24) is 9.88 Å². The van der Waals surface area contributed by atoms with Gasteiger partial charge < -0.3 is 14.7 Å². The van der Waals surface area contributed by atoms with Gasteiger partial charge in [-0.05, 0) is 55.7 Å². The molecule has 2 heterocycles. The van der Waals surface area contributed by atoms with Gasteiger partial charge in [-0.25, -0.2) is 4.79 Å². The summed E-state index contributed by atoms with van der Waals surface area (Å²) in [6, 6.07) is 8.42. The van der Waals surface area contributed by atoms with E-state index in [9.17, 15) is 9.59 Å². The number of methoxy groups -OCH3 is 1. The summed E-state index contributed by atoms with van der Waals surface area (Å²) in [5, 5.41) is 9.12. The molecule has 0 bridgehead atoms. The Kier molecular flexibility index (Phi) is 4.44. The molecule has 6 nitrogen and oxygen atoms in total. The number of hydrogen-bond acceptors (Lipinski definition) is 4. The minimum Gasteiger partial charge on any atom is -0.497 e. The Morgan fingerprint density at radius 1 is 1.24 bits per heavy atom. The lowest BCUT2D eigenvalue weighted by molar-refractivity contribution is 0.0574.